The third-order valence-electron chi connectivity index (χ3n) is 4.28. The van der Waals surface area contributed by atoms with E-state index in [1.807, 2.05) is 42.2 Å². The van der Waals surface area contributed by atoms with E-state index < -0.39 is 0 Å². The summed E-state index contributed by atoms with van der Waals surface area (Å²) < 4.78 is 5.29. The molecule has 1 fully saturated rings. The molecule has 1 aromatic carbocycles. The van der Waals surface area contributed by atoms with Crippen LogP contribution in [0.25, 0.3) is 0 Å². The second kappa shape index (κ2) is 7.29. The summed E-state index contributed by atoms with van der Waals surface area (Å²) in [5.74, 6) is 1.50. The number of hydrogen-bond acceptors (Lipinski definition) is 5. The van der Waals surface area contributed by atoms with Gasteiger partial charge in [0.1, 0.15) is 17.9 Å². The molecule has 0 bridgehead atoms. The number of rotatable bonds is 4. The molecule has 2 heterocycles. The monoisotopic (exact) mass is 326 g/mol. The number of carbonyl (C=O) groups excluding carboxylic acids is 1. The average molecular weight is 326 g/mol. The first kappa shape index (κ1) is 16.2. The molecule has 2 aromatic rings. The summed E-state index contributed by atoms with van der Waals surface area (Å²) >= 11 is 0. The van der Waals surface area contributed by atoms with Gasteiger partial charge in [-0.3, -0.25) is 4.79 Å². The number of aromatic nitrogens is 2. The molecule has 1 saturated heterocycles. The summed E-state index contributed by atoms with van der Waals surface area (Å²) in [7, 11) is 1.59. The fourth-order valence-electron chi connectivity index (χ4n) is 2.96. The maximum absolute atomic E-state index is 12.7. The number of aryl methyl sites for hydroxylation is 1. The van der Waals surface area contributed by atoms with E-state index in [4.69, 9.17) is 4.74 Å². The van der Waals surface area contributed by atoms with Gasteiger partial charge in [-0.25, -0.2) is 9.97 Å². The zero-order chi connectivity index (χ0) is 16.9. The lowest BCUT2D eigenvalue weighted by molar-refractivity contribution is 0.0715. The van der Waals surface area contributed by atoms with E-state index in [-0.39, 0.29) is 5.91 Å². The number of amides is 1. The van der Waals surface area contributed by atoms with Gasteiger partial charge >= 0.3 is 0 Å². The third kappa shape index (κ3) is 3.64. The average Bonchev–Trinajstić information content (AvgIpc) is 2.62. The minimum absolute atomic E-state index is 0.0313. The highest BCUT2D eigenvalue weighted by Gasteiger charge is 2.25. The van der Waals surface area contributed by atoms with E-state index in [1.165, 1.54) is 0 Å². The van der Waals surface area contributed by atoms with Crippen LogP contribution >= 0.6 is 0 Å². The highest BCUT2D eigenvalue weighted by atomic mass is 16.5. The number of benzene rings is 1. The first-order valence-electron chi connectivity index (χ1n) is 8.15. The highest BCUT2D eigenvalue weighted by molar-refractivity contribution is 5.97. The molecule has 0 saturated carbocycles. The van der Waals surface area contributed by atoms with Crippen molar-refractivity contribution < 1.29 is 9.53 Å². The van der Waals surface area contributed by atoms with Crippen LogP contribution in [0.2, 0.25) is 0 Å². The number of nitrogens with one attached hydrogen (secondary N) is 1. The third-order valence-corrected chi connectivity index (χ3v) is 4.28. The molecule has 0 atom stereocenters. The van der Waals surface area contributed by atoms with Crippen LogP contribution in [-0.4, -0.2) is 47.0 Å². The molecule has 1 N–H and O–H groups in total. The predicted octanol–water partition coefficient (Wildman–Crippen LogP) is 2.51. The number of anilines is 1. The Hall–Kier alpha value is -2.63. The molecule has 1 aliphatic rings. The maximum atomic E-state index is 12.7. The number of piperidine rings is 1. The zero-order valence-electron chi connectivity index (χ0n) is 14.0. The summed E-state index contributed by atoms with van der Waals surface area (Å²) in [4.78, 5) is 22.9. The van der Waals surface area contributed by atoms with Crippen LogP contribution in [0.15, 0.2) is 36.7 Å². The van der Waals surface area contributed by atoms with E-state index in [9.17, 15) is 4.79 Å². The molecule has 0 spiro atoms. The molecular formula is C18H22N4O2. The number of methoxy groups -OCH3 is 1. The first-order chi connectivity index (χ1) is 11.7. The van der Waals surface area contributed by atoms with Crippen molar-refractivity contribution in [2.24, 2.45) is 0 Å². The van der Waals surface area contributed by atoms with E-state index in [0.29, 0.717) is 17.4 Å². The molecule has 1 aliphatic heterocycles. The summed E-state index contributed by atoms with van der Waals surface area (Å²) in [6.07, 6.45) is 3.35. The second-order valence-corrected chi connectivity index (χ2v) is 5.96. The Morgan fingerprint density at radius 3 is 2.71 bits per heavy atom. The van der Waals surface area contributed by atoms with Crippen LogP contribution in [0.3, 0.4) is 0 Å². The summed E-state index contributed by atoms with van der Waals surface area (Å²) in [5.41, 5.74) is 1.56. The first-order valence-corrected chi connectivity index (χ1v) is 8.15. The number of para-hydroxylation sites is 1. The predicted molar refractivity (Wildman–Crippen MR) is 92.3 cm³/mol. The van der Waals surface area contributed by atoms with Gasteiger partial charge in [-0.15, -0.1) is 0 Å². The normalized spacial score (nSPS) is 15.2. The summed E-state index contributed by atoms with van der Waals surface area (Å²) in [6, 6.07) is 9.62. The van der Waals surface area contributed by atoms with Crippen LogP contribution in [0.5, 0.6) is 5.75 Å². The van der Waals surface area contributed by atoms with Crippen molar-refractivity contribution in [1.29, 1.82) is 0 Å². The second-order valence-electron chi connectivity index (χ2n) is 5.96. The number of nitrogens with zero attached hydrogens (tertiary/aromatic N) is 3. The molecule has 6 heteroatoms. The molecule has 0 radical (unpaired) electrons. The SMILES string of the molecule is COc1ccccc1C(=O)N1CCC(Nc2cc(C)ncn2)CC1. The zero-order valence-corrected chi connectivity index (χ0v) is 14.0. The quantitative estimate of drug-likeness (QED) is 0.935. The Labute approximate surface area is 141 Å². The molecule has 0 aliphatic carbocycles. The molecule has 0 unspecified atom stereocenters. The van der Waals surface area contributed by atoms with Crippen LogP contribution < -0.4 is 10.1 Å². The molecule has 6 nitrogen and oxygen atoms in total. The van der Waals surface area contributed by atoms with Gasteiger partial charge in [0.25, 0.3) is 5.91 Å². The highest BCUT2D eigenvalue weighted by Crippen LogP contribution is 2.22. The lowest BCUT2D eigenvalue weighted by Gasteiger charge is -2.33. The minimum atomic E-state index is 0.0313. The van der Waals surface area contributed by atoms with Gasteiger partial charge in [-0.05, 0) is 31.9 Å². The maximum Gasteiger partial charge on any atom is 0.257 e. The molecule has 1 aromatic heterocycles. The Kier molecular flexibility index (Phi) is 4.93. The van der Waals surface area contributed by atoms with Gasteiger partial charge in [0.2, 0.25) is 0 Å². The smallest absolute Gasteiger partial charge is 0.257 e. The van der Waals surface area contributed by atoms with Crippen molar-refractivity contribution in [3.8, 4) is 5.75 Å². The van der Waals surface area contributed by atoms with E-state index in [0.717, 1.165) is 37.4 Å². The van der Waals surface area contributed by atoms with Crippen LogP contribution in [0, 0.1) is 6.92 Å². The van der Waals surface area contributed by atoms with Crippen molar-refractivity contribution in [1.82, 2.24) is 14.9 Å². The van der Waals surface area contributed by atoms with Gasteiger partial charge in [0.15, 0.2) is 0 Å². The number of ether oxygens (including phenoxy) is 1. The minimum Gasteiger partial charge on any atom is -0.496 e. The molecule has 3 rings (SSSR count). The van der Waals surface area contributed by atoms with Gasteiger partial charge < -0.3 is 15.0 Å². The molecule has 24 heavy (non-hydrogen) atoms. The topological polar surface area (TPSA) is 67.3 Å². The molecule has 126 valence electrons. The molecule has 1 amide bonds. The Morgan fingerprint density at radius 2 is 2.00 bits per heavy atom. The Morgan fingerprint density at radius 1 is 1.25 bits per heavy atom. The standard InChI is InChI=1S/C18H22N4O2/c1-13-11-17(20-12-19-13)21-14-7-9-22(10-8-14)18(23)15-5-3-4-6-16(15)24-2/h3-6,11-12,14H,7-10H2,1-2H3,(H,19,20,21). The van der Waals surface area contributed by atoms with Crippen molar-refractivity contribution in [2.75, 3.05) is 25.5 Å². The number of likely N-dealkylation sites (tertiary alicyclic amines) is 1. The summed E-state index contributed by atoms with van der Waals surface area (Å²) in [6.45, 7) is 3.39. The van der Waals surface area contributed by atoms with Crippen molar-refractivity contribution in [3.05, 3.63) is 47.9 Å². The number of carbonyl (C=O) groups is 1. The fourth-order valence-corrected chi connectivity index (χ4v) is 2.96. The van der Waals surface area contributed by atoms with E-state index in [1.54, 1.807) is 13.4 Å². The fraction of sp³-hybridized carbons (Fsp3) is 0.389. The summed E-state index contributed by atoms with van der Waals surface area (Å²) in [5, 5.41) is 3.43. The van der Waals surface area contributed by atoms with Gasteiger partial charge in [0.05, 0.1) is 12.7 Å². The van der Waals surface area contributed by atoms with Crippen LogP contribution in [0.1, 0.15) is 28.9 Å². The van der Waals surface area contributed by atoms with Crippen molar-refractivity contribution >= 4 is 11.7 Å². The van der Waals surface area contributed by atoms with E-state index in [2.05, 4.69) is 15.3 Å². The van der Waals surface area contributed by atoms with Crippen molar-refractivity contribution in [2.45, 2.75) is 25.8 Å². The van der Waals surface area contributed by atoms with E-state index >= 15 is 0 Å². The Bertz CT molecular complexity index is 712. The Balaban J connectivity index is 1.59. The number of hydrogen-bond donors (Lipinski definition) is 1. The largest absolute Gasteiger partial charge is 0.496 e. The van der Waals surface area contributed by atoms with Gasteiger partial charge in [0, 0.05) is 30.9 Å². The van der Waals surface area contributed by atoms with Crippen LogP contribution in [-0.2, 0) is 0 Å². The lowest BCUT2D eigenvalue weighted by Crippen LogP contribution is -2.42. The van der Waals surface area contributed by atoms with Crippen LogP contribution in [0.4, 0.5) is 5.82 Å². The lowest BCUT2D eigenvalue weighted by atomic mass is 10.0. The van der Waals surface area contributed by atoms with Gasteiger partial charge in [-0.2, -0.15) is 0 Å². The molecular weight excluding hydrogens is 304 g/mol. The van der Waals surface area contributed by atoms with Crippen molar-refractivity contribution in [3.63, 3.8) is 0 Å². The van der Waals surface area contributed by atoms with Gasteiger partial charge in [-0.1, -0.05) is 12.1 Å².